The van der Waals surface area contributed by atoms with Gasteiger partial charge < -0.3 is 29.9 Å². The number of benzene rings is 2. The fraction of sp³-hybridized carbons (Fsp3) is 0.118. The number of hydrogen-bond acceptors (Lipinski definition) is 6. The van der Waals surface area contributed by atoms with Gasteiger partial charge in [-0.1, -0.05) is 12.1 Å². The largest absolute Gasteiger partial charge is 0.545 e. The Hall–Kier alpha value is -3.35. The number of carboxylic acid groups (broad SMARTS) is 2. The van der Waals surface area contributed by atoms with E-state index in [1.165, 1.54) is 6.07 Å². The number of anilines is 1. The molecule has 0 aromatic heterocycles. The average Bonchev–Trinajstić information content (AvgIpc) is 2.55. The zero-order chi connectivity index (χ0) is 17.7. The van der Waals surface area contributed by atoms with Crippen LogP contribution in [-0.4, -0.2) is 24.5 Å². The summed E-state index contributed by atoms with van der Waals surface area (Å²) in [6.07, 6.45) is 0. The maximum atomic E-state index is 12.4. The number of rotatable bonds is 6. The molecule has 124 valence electrons. The van der Waals surface area contributed by atoms with Crippen LogP contribution in [0.2, 0.25) is 0 Å². The van der Waals surface area contributed by atoms with Crippen molar-refractivity contribution in [3.05, 3.63) is 59.2 Å². The van der Waals surface area contributed by atoms with Crippen LogP contribution in [0.3, 0.4) is 0 Å². The Labute approximate surface area is 137 Å². The van der Waals surface area contributed by atoms with Crippen LogP contribution in [0.25, 0.3) is 0 Å². The van der Waals surface area contributed by atoms with Gasteiger partial charge in [0.1, 0.15) is 5.75 Å². The smallest absolute Gasteiger partial charge is 0.259 e. The fourth-order valence-corrected chi connectivity index (χ4v) is 2.07. The van der Waals surface area contributed by atoms with Gasteiger partial charge in [0.15, 0.2) is 0 Å². The van der Waals surface area contributed by atoms with Crippen LogP contribution < -0.4 is 20.3 Å². The molecular formula is C17H13NO6-2. The van der Waals surface area contributed by atoms with E-state index in [2.05, 4.69) is 5.32 Å². The number of carbonyl (C=O) groups excluding carboxylic acids is 3. The molecule has 0 aliphatic heterocycles. The van der Waals surface area contributed by atoms with Gasteiger partial charge in [-0.25, -0.2) is 0 Å². The molecule has 0 aliphatic carbocycles. The topological polar surface area (TPSA) is 119 Å². The molecule has 0 bridgehead atoms. The SMILES string of the molecule is CCOc1ccccc1C(=O)Nc1cc(C(=O)[O-])cc(C(=O)[O-])c1. The predicted octanol–water partition coefficient (Wildman–Crippen LogP) is 0.0646. The minimum absolute atomic E-state index is 0.00722. The molecule has 7 nitrogen and oxygen atoms in total. The van der Waals surface area contributed by atoms with E-state index >= 15 is 0 Å². The number of aromatic carboxylic acids is 2. The van der Waals surface area contributed by atoms with Crippen molar-refractivity contribution in [2.75, 3.05) is 11.9 Å². The first kappa shape index (κ1) is 17.0. The molecule has 2 aromatic rings. The van der Waals surface area contributed by atoms with Gasteiger partial charge in [-0.15, -0.1) is 0 Å². The maximum Gasteiger partial charge on any atom is 0.259 e. The van der Waals surface area contributed by atoms with E-state index in [9.17, 15) is 24.6 Å². The molecule has 7 heteroatoms. The number of hydrogen-bond donors (Lipinski definition) is 1. The Bertz CT molecular complexity index is 767. The second-order valence-electron chi connectivity index (χ2n) is 4.76. The van der Waals surface area contributed by atoms with Gasteiger partial charge in [-0.05, 0) is 48.4 Å². The zero-order valence-electron chi connectivity index (χ0n) is 12.7. The molecule has 1 amide bonds. The Balaban J connectivity index is 2.35. The number of carbonyl (C=O) groups is 3. The lowest BCUT2D eigenvalue weighted by molar-refractivity contribution is -0.255. The van der Waals surface area contributed by atoms with Gasteiger partial charge in [0.05, 0.1) is 24.1 Å². The summed E-state index contributed by atoms with van der Waals surface area (Å²) in [6, 6.07) is 9.58. The first-order chi connectivity index (χ1) is 11.4. The van der Waals surface area contributed by atoms with E-state index < -0.39 is 17.8 Å². The summed E-state index contributed by atoms with van der Waals surface area (Å²) in [7, 11) is 0. The van der Waals surface area contributed by atoms with Crippen molar-refractivity contribution >= 4 is 23.5 Å². The van der Waals surface area contributed by atoms with Crippen molar-refractivity contribution in [3.8, 4) is 5.75 Å². The predicted molar refractivity (Wildman–Crippen MR) is 80.7 cm³/mol. The molecule has 0 saturated carbocycles. The average molecular weight is 327 g/mol. The third kappa shape index (κ3) is 3.89. The minimum Gasteiger partial charge on any atom is -0.545 e. The van der Waals surface area contributed by atoms with Gasteiger partial charge in [-0.2, -0.15) is 0 Å². The van der Waals surface area contributed by atoms with Gasteiger partial charge in [0.2, 0.25) is 0 Å². The van der Waals surface area contributed by atoms with E-state index in [4.69, 9.17) is 4.74 Å². The summed E-state index contributed by atoms with van der Waals surface area (Å²) in [4.78, 5) is 34.3. The van der Waals surface area contributed by atoms with Crippen LogP contribution in [0, 0.1) is 0 Å². The standard InChI is InChI=1S/C17H15NO6/c1-2-24-14-6-4-3-5-13(14)15(19)18-12-8-10(16(20)21)7-11(9-12)17(22)23/h3-9H,2H2,1H3,(H,18,19)(H,20,21)(H,22,23)/p-2. The highest BCUT2D eigenvalue weighted by Gasteiger charge is 2.13. The quantitative estimate of drug-likeness (QED) is 0.801. The summed E-state index contributed by atoms with van der Waals surface area (Å²) in [5.41, 5.74) is -0.546. The third-order valence-electron chi connectivity index (χ3n) is 3.09. The summed E-state index contributed by atoms with van der Waals surface area (Å²) < 4.78 is 5.35. The van der Waals surface area contributed by atoms with Gasteiger partial charge >= 0.3 is 0 Å². The van der Waals surface area contributed by atoms with Crippen molar-refractivity contribution < 1.29 is 29.3 Å². The normalized spacial score (nSPS) is 10.0. The number of para-hydroxylation sites is 1. The van der Waals surface area contributed by atoms with Crippen LogP contribution in [0.4, 0.5) is 5.69 Å². The van der Waals surface area contributed by atoms with Crippen molar-refractivity contribution in [2.24, 2.45) is 0 Å². The minimum atomic E-state index is -1.57. The van der Waals surface area contributed by atoms with Crippen molar-refractivity contribution in [2.45, 2.75) is 6.92 Å². The first-order valence-corrected chi connectivity index (χ1v) is 7.03. The highest BCUT2D eigenvalue weighted by Crippen LogP contribution is 2.21. The second-order valence-corrected chi connectivity index (χ2v) is 4.76. The molecule has 0 saturated heterocycles. The lowest BCUT2D eigenvalue weighted by Crippen LogP contribution is -2.26. The van der Waals surface area contributed by atoms with Gasteiger partial charge in [0, 0.05) is 5.69 Å². The molecule has 0 atom stereocenters. The molecule has 1 N–H and O–H groups in total. The molecule has 2 rings (SSSR count). The number of ether oxygens (including phenoxy) is 1. The lowest BCUT2D eigenvalue weighted by atomic mass is 10.1. The van der Waals surface area contributed by atoms with E-state index in [1.54, 1.807) is 25.1 Å². The second kappa shape index (κ2) is 7.28. The van der Waals surface area contributed by atoms with Gasteiger partial charge in [0.25, 0.3) is 5.91 Å². The van der Waals surface area contributed by atoms with Crippen LogP contribution in [0.1, 0.15) is 38.0 Å². The highest BCUT2D eigenvalue weighted by atomic mass is 16.5. The van der Waals surface area contributed by atoms with E-state index in [1.807, 2.05) is 0 Å². The molecule has 0 heterocycles. The van der Waals surface area contributed by atoms with E-state index in [-0.39, 0.29) is 22.4 Å². The van der Waals surface area contributed by atoms with Crippen LogP contribution in [0.5, 0.6) is 5.75 Å². The number of nitrogens with one attached hydrogen (secondary N) is 1. The summed E-state index contributed by atoms with van der Waals surface area (Å²) in [5, 5.41) is 24.4. The van der Waals surface area contributed by atoms with Crippen LogP contribution in [0.15, 0.2) is 42.5 Å². The Kier molecular flexibility index (Phi) is 5.16. The van der Waals surface area contributed by atoms with Crippen LogP contribution in [-0.2, 0) is 0 Å². The van der Waals surface area contributed by atoms with Crippen LogP contribution >= 0.6 is 0 Å². The van der Waals surface area contributed by atoms with Crippen molar-refractivity contribution in [1.29, 1.82) is 0 Å². The molecule has 0 aliphatic rings. The number of amides is 1. The molecule has 24 heavy (non-hydrogen) atoms. The molecule has 0 unspecified atom stereocenters. The molecule has 2 aromatic carbocycles. The van der Waals surface area contributed by atoms with E-state index in [0.29, 0.717) is 12.4 Å². The summed E-state index contributed by atoms with van der Waals surface area (Å²) in [5.74, 6) is -3.35. The molecule has 0 radical (unpaired) electrons. The third-order valence-corrected chi connectivity index (χ3v) is 3.09. The Morgan fingerprint density at radius 2 is 1.58 bits per heavy atom. The number of carboxylic acids is 2. The molecule has 0 spiro atoms. The van der Waals surface area contributed by atoms with E-state index in [0.717, 1.165) is 18.2 Å². The van der Waals surface area contributed by atoms with Crippen molar-refractivity contribution in [1.82, 2.24) is 0 Å². The lowest BCUT2D eigenvalue weighted by Gasteiger charge is -2.13. The Morgan fingerprint density at radius 3 is 2.12 bits per heavy atom. The van der Waals surface area contributed by atoms with Gasteiger partial charge in [-0.3, -0.25) is 4.79 Å². The summed E-state index contributed by atoms with van der Waals surface area (Å²) in [6.45, 7) is 2.13. The maximum absolute atomic E-state index is 12.4. The monoisotopic (exact) mass is 327 g/mol. The molecular weight excluding hydrogens is 314 g/mol. The zero-order valence-corrected chi connectivity index (χ0v) is 12.7. The molecule has 0 fully saturated rings. The Morgan fingerprint density at radius 1 is 1.00 bits per heavy atom. The summed E-state index contributed by atoms with van der Waals surface area (Å²) >= 11 is 0. The first-order valence-electron chi connectivity index (χ1n) is 7.03. The fourth-order valence-electron chi connectivity index (χ4n) is 2.07. The highest BCUT2D eigenvalue weighted by molar-refractivity contribution is 6.07. The van der Waals surface area contributed by atoms with Crippen molar-refractivity contribution in [3.63, 3.8) is 0 Å².